The number of nitrogens with zero attached hydrogens (tertiary/aromatic N) is 1. The number of hydrogen-bond donors (Lipinski definition) is 0. The lowest BCUT2D eigenvalue weighted by Crippen LogP contribution is -2.38. The molecule has 1 atom stereocenters. The zero-order valence-electron chi connectivity index (χ0n) is 15.4. The van der Waals surface area contributed by atoms with Crippen LogP contribution in [0.2, 0.25) is 0 Å². The highest BCUT2D eigenvalue weighted by Crippen LogP contribution is 2.36. The number of likely N-dealkylation sites (N-methyl/N-ethyl adjacent to an activating group) is 1. The number of ether oxygens (including phenoxy) is 1. The fraction of sp³-hybridized carbons (Fsp3) is 0.250. The van der Waals surface area contributed by atoms with Gasteiger partial charge in [-0.2, -0.15) is 0 Å². The van der Waals surface area contributed by atoms with Gasteiger partial charge in [0.2, 0.25) is 0 Å². The molecule has 0 fully saturated rings. The third kappa shape index (κ3) is 3.72. The van der Waals surface area contributed by atoms with Gasteiger partial charge in [-0.15, -0.1) is 0 Å². The summed E-state index contributed by atoms with van der Waals surface area (Å²) in [6.07, 6.45) is 0. The van der Waals surface area contributed by atoms with Gasteiger partial charge < -0.3 is 9.64 Å². The minimum absolute atomic E-state index is 0.267. The Kier molecular flexibility index (Phi) is 4.87. The average Bonchev–Trinajstić information content (AvgIpc) is 3.28. The first kappa shape index (κ1) is 17.0. The number of rotatable bonds is 8. The Morgan fingerprint density at radius 1 is 0.769 bits per heavy atom. The highest BCUT2D eigenvalue weighted by molar-refractivity contribution is 5.82. The van der Waals surface area contributed by atoms with Crippen LogP contribution in [-0.4, -0.2) is 31.6 Å². The quantitative estimate of drug-likeness (QED) is 0.449. The van der Waals surface area contributed by atoms with Crippen LogP contribution >= 0.6 is 0 Å². The molecular weight excluding hydrogens is 318 g/mol. The maximum absolute atomic E-state index is 6.15. The van der Waals surface area contributed by atoms with E-state index in [4.69, 9.17) is 4.74 Å². The molecule has 4 rings (SSSR count). The highest BCUT2D eigenvalue weighted by atomic mass is 16.5. The lowest BCUT2D eigenvalue weighted by atomic mass is 9.85. The molecule has 0 saturated carbocycles. The smallest absolute Gasteiger partial charge is 0.0718 e. The summed E-state index contributed by atoms with van der Waals surface area (Å²) in [5.74, 6) is 0.277. The van der Waals surface area contributed by atoms with E-state index in [2.05, 4.69) is 97.9 Å². The number of fused-ring (bicyclic) bond motifs is 1. The van der Waals surface area contributed by atoms with Crippen molar-refractivity contribution in [1.82, 2.24) is 4.90 Å². The Morgan fingerprint density at radius 2 is 1.31 bits per heavy atom. The first-order chi connectivity index (χ1) is 12.7. The van der Waals surface area contributed by atoms with Crippen molar-refractivity contribution in [3.8, 4) is 11.1 Å². The van der Waals surface area contributed by atoms with E-state index in [9.17, 15) is 0 Å². The summed E-state index contributed by atoms with van der Waals surface area (Å²) in [7, 11) is 4.29. The fourth-order valence-corrected chi connectivity index (χ4v) is 3.70. The van der Waals surface area contributed by atoms with Crippen molar-refractivity contribution < 1.29 is 4.74 Å². The van der Waals surface area contributed by atoms with Crippen molar-refractivity contribution in [1.29, 1.82) is 0 Å². The maximum Gasteiger partial charge on any atom is 0.0718 e. The first-order valence-electron chi connectivity index (χ1n) is 9.21. The Hall–Kier alpha value is -2.42. The van der Waals surface area contributed by atoms with Gasteiger partial charge in [0.25, 0.3) is 0 Å². The second-order valence-electron chi connectivity index (χ2n) is 7.26. The molecule has 0 spiro atoms. The summed E-state index contributed by atoms with van der Waals surface area (Å²) in [5, 5.41) is 0. The van der Waals surface area contributed by atoms with Crippen LogP contribution in [-0.2, 0) is 11.3 Å². The summed E-state index contributed by atoms with van der Waals surface area (Å²) in [6.45, 7) is 1.38. The van der Waals surface area contributed by atoms with E-state index < -0.39 is 0 Å². The van der Waals surface area contributed by atoms with Crippen molar-refractivity contribution in [2.75, 3.05) is 20.7 Å². The predicted molar refractivity (Wildman–Crippen MR) is 107 cm³/mol. The van der Waals surface area contributed by atoms with E-state index in [0.717, 1.165) is 0 Å². The van der Waals surface area contributed by atoms with Gasteiger partial charge in [-0.3, -0.25) is 0 Å². The van der Waals surface area contributed by atoms with Gasteiger partial charge in [-0.05, 0) is 60.1 Å². The molecule has 2 aromatic carbocycles. The van der Waals surface area contributed by atoms with Gasteiger partial charge in [0, 0.05) is 12.0 Å². The van der Waals surface area contributed by atoms with E-state index >= 15 is 0 Å². The van der Waals surface area contributed by atoms with E-state index in [-0.39, 0.29) is 12.0 Å². The summed E-state index contributed by atoms with van der Waals surface area (Å²) in [4.78, 5) is 2.28. The lowest BCUT2D eigenvalue weighted by molar-refractivity contribution is 0.0626. The summed E-state index contributed by atoms with van der Waals surface area (Å²) in [5.41, 5.74) is 6.69. The standard InChI is InChI=1S/C24H25NO/c1-25(2)23(17-26-16-18-13-21-15-22(21)14-18)24(19-9-5-3-6-10-19)20-11-7-4-8-12-20/h3-15,23-24H,16-17H2,1-2H3/t23-/m1/s1. The molecule has 2 heteroatoms. The topological polar surface area (TPSA) is 12.5 Å². The van der Waals surface area contributed by atoms with Crippen molar-refractivity contribution in [3.05, 3.63) is 95.6 Å². The van der Waals surface area contributed by atoms with Gasteiger partial charge >= 0.3 is 0 Å². The molecule has 132 valence electrons. The Labute approximate surface area is 156 Å². The molecule has 0 heterocycles. The number of hydrogen-bond acceptors (Lipinski definition) is 2. The first-order valence-corrected chi connectivity index (χ1v) is 9.21. The van der Waals surface area contributed by atoms with Gasteiger partial charge in [0.1, 0.15) is 0 Å². The molecular formula is C24H25NO. The predicted octanol–water partition coefficient (Wildman–Crippen LogP) is 4.95. The molecule has 0 aliphatic heterocycles. The largest absolute Gasteiger partial charge is 0.375 e. The lowest BCUT2D eigenvalue weighted by Gasteiger charge is -2.33. The van der Waals surface area contributed by atoms with Crippen molar-refractivity contribution in [2.24, 2.45) is 0 Å². The van der Waals surface area contributed by atoms with Crippen molar-refractivity contribution in [2.45, 2.75) is 18.6 Å². The van der Waals surface area contributed by atoms with Crippen LogP contribution in [0.4, 0.5) is 0 Å². The van der Waals surface area contributed by atoms with Gasteiger partial charge in [-0.1, -0.05) is 60.7 Å². The Morgan fingerprint density at radius 3 is 1.81 bits per heavy atom. The second kappa shape index (κ2) is 7.45. The van der Waals surface area contributed by atoms with E-state index in [1.54, 1.807) is 0 Å². The molecule has 2 aromatic rings. The summed E-state index contributed by atoms with van der Waals surface area (Å²) in [6, 6.07) is 28.4. The maximum atomic E-state index is 6.15. The van der Waals surface area contributed by atoms with Crippen molar-refractivity contribution in [3.63, 3.8) is 0 Å². The molecule has 0 bridgehead atoms. The summed E-state index contributed by atoms with van der Waals surface area (Å²) >= 11 is 0. The van der Waals surface area contributed by atoms with Crippen molar-refractivity contribution >= 4 is 0 Å². The molecule has 2 aliphatic rings. The molecule has 0 amide bonds. The Bertz CT molecular complexity index is 798. The molecule has 0 aromatic heterocycles. The Balaban J connectivity index is 1.54. The monoisotopic (exact) mass is 343 g/mol. The van der Waals surface area contributed by atoms with Gasteiger partial charge in [-0.25, -0.2) is 0 Å². The zero-order valence-corrected chi connectivity index (χ0v) is 15.4. The highest BCUT2D eigenvalue weighted by Gasteiger charge is 2.27. The van der Waals surface area contributed by atoms with Crippen LogP contribution in [0.15, 0.2) is 78.9 Å². The minimum atomic E-state index is 0.267. The molecule has 2 nitrogen and oxygen atoms in total. The van der Waals surface area contributed by atoms with Crippen LogP contribution in [0.1, 0.15) is 22.6 Å². The van der Waals surface area contributed by atoms with Crippen LogP contribution in [0, 0.1) is 0 Å². The van der Waals surface area contributed by atoms with Crippen LogP contribution in [0.25, 0.3) is 11.1 Å². The minimum Gasteiger partial charge on any atom is -0.375 e. The van der Waals surface area contributed by atoms with E-state index in [1.807, 2.05) is 0 Å². The summed E-state index contributed by atoms with van der Waals surface area (Å²) < 4.78 is 6.15. The average molecular weight is 343 g/mol. The number of benzene rings is 3. The third-order valence-electron chi connectivity index (χ3n) is 5.17. The molecule has 0 unspecified atom stereocenters. The van der Waals surface area contributed by atoms with Crippen LogP contribution in [0.5, 0.6) is 0 Å². The normalized spacial score (nSPS) is 13.2. The molecule has 26 heavy (non-hydrogen) atoms. The molecule has 0 N–H and O–H groups in total. The fourth-order valence-electron chi connectivity index (χ4n) is 3.70. The van der Waals surface area contributed by atoms with Crippen LogP contribution < -0.4 is 0 Å². The van der Waals surface area contributed by atoms with Crippen LogP contribution in [0.3, 0.4) is 0 Å². The molecule has 2 aliphatic carbocycles. The molecule has 0 saturated heterocycles. The van der Waals surface area contributed by atoms with E-state index in [1.165, 1.54) is 27.8 Å². The molecule has 0 radical (unpaired) electrons. The zero-order chi connectivity index (χ0) is 17.9. The SMILES string of the molecule is CN(C)[C@H](COCc1cc2cc-2c1)C(c1ccccc1)c1ccccc1. The van der Waals surface area contributed by atoms with Gasteiger partial charge in [0.05, 0.1) is 13.2 Å². The second-order valence-corrected chi connectivity index (χ2v) is 7.26. The van der Waals surface area contributed by atoms with E-state index in [0.29, 0.717) is 13.2 Å². The third-order valence-corrected chi connectivity index (χ3v) is 5.17. The van der Waals surface area contributed by atoms with Gasteiger partial charge in [0.15, 0.2) is 0 Å².